The van der Waals surface area contributed by atoms with Gasteiger partial charge in [-0.15, -0.1) is 0 Å². The van der Waals surface area contributed by atoms with Crippen molar-refractivity contribution in [3.8, 4) is 6.07 Å². The zero-order valence-corrected chi connectivity index (χ0v) is 8.89. The average Bonchev–Trinajstić information content (AvgIpc) is 2.49. The van der Waals surface area contributed by atoms with Gasteiger partial charge in [0.25, 0.3) is 0 Å². The van der Waals surface area contributed by atoms with E-state index in [0.717, 1.165) is 0 Å². The Morgan fingerprint density at radius 1 is 1.57 bits per heavy atom. The molecule has 0 radical (unpaired) electrons. The minimum absolute atomic E-state index is 0.401. The third-order valence-corrected chi connectivity index (χ3v) is 2.16. The number of carbonyl (C=O) groups is 1. The molecule has 1 unspecified atom stereocenters. The van der Waals surface area contributed by atoms with Gasteiger partial charge in [-0.2, -0.15) is 5.26 Å². The van der Waals surface area contributed by atoms with E-state index in [1.807, 2.05) is 0 Å². The molecule has 0 aliphatic carbocycles. The summed E-state index contributed by atoms with van der Waals surface area (Å²) in [5, 5.41) is 12.0. The minimum Gasteiger partial charge on any atom is -0.459 e. The molecule has 1 saturated heterocycles. The van der Waals surface area contributed by atoms with Crippen LogP contribution in [0.4, 0.5) is 0 Å². The molecule has 1 aliphatic heterocycles. The number of nitriles is 1. The molecule has 0 aromatic heterocycles. The quantitative estimate of drug-likeness (QED) is 0.631. The van der Waals surface area contributed by atoms with Crippen LogP contribution < -0.4 is 5.32 Å². The molecular formula is C10H16N2O2. The van der Waals surface area contributed by atoms with E-state index in [-0.39, 0.29) is 0 Å². The molecule has 1 rings (SSSR count). The van der Waals surface area contributed by atoms with Crippen molar-refractivity contribution in [2.75, 3.05) is 13.1 Å². The van der Waals surface area contributed by atoms with Crippen LogP contribution in [0.1, 0.15) is 27.2 Å². The maximum Gasteiger partial charge on any atom is 0.328 e. The Labute approximate surface area is 84.2 Å². The van der Waals surface area contributed by atoms with Crippen molar-refractivity contribution >= 4 is 5.97 Å². The minimum atomic E-state index is -0.965. The van der Waals surface area contributed by atoms with Crippen molar-refractivity contribution < 1.29 is 9.53 Å². The summed E-state index contributed by atoms with van der Waals surface area (Å²) >= 11 is 0. The summed E-state index contributed by atoms with van der Waals surface area (Å²) in [6.45, 7) is 6.51. The van der Waals surface area contributed by atoms with Gasteiger partial charge >= 0.3 is 5.97 Å². The van der Waals surface area contributed by atoms with Crippen molar-refractivity contribution in [3.63, 3.8) is 0 Å². The molecule has 0 aromatic carbocycles. The van der Waals surface area contributed by atoms with Gasteiger partial charge in [-0.1, -0.05) is 0 Å². The number of carbonyl (C=O) groups excluding carboxylic acids is 1. The van der Waals surface area contributed by atoms with Crippen molar-refractivity contribution in [1.82, 2.24) is 5.32 Å². The molecule has 1 aliphatic rings. The van der Waals surface area contributed by atoms with Gasteiger partial charge in [0, 0.05) is 6.54 Å². The molecule has 1 atom stereocenters. The highest BCUT2D eigenvalue weighted by atomic mass is 16.6. The Kier molecular flexibility index (Phi) is 2.81. The van der Waals surface area contributed by atoms with Gasteiger partial charge in [0.05, 0.1) is 6.07 Å². The molecule has 1 heterocycles. The van der Waals surface area contributed by atoms with Crippen LogP contribution in [0.5, 0.6) is 0 Å². The number of rotatable bonds is 1. The maximum absolute atomic E-state index is 11.7. The topological polar surface area (TPSA) is 62.1 Å². The summed E-state index contributed by atoms with van der Waals surface area (Å²) < 4.78 is 5.21. The smallest absolute Gasteiger partial charge is 0.328 e. The van der Waals surface area contributed by atoms with Gasteiger partial charge in [0.1, 0.15) is 5.60 Å². The monoisotopic (exact) mass is 196 g/mol. The van der Waals surface area contributed by atoms with E-state index in [2.05, 4.69) is 11.4 Å². The van der Waals surface area contributed by atoms with E-state index >= 15 is 0 Å². The van der Waals surface area contributed by atoms with E-state index in [1.165, 1.54) is 0 Å². The fourth-order valence-corrected chi connectivity index (χ4v) is 1.38. The van der Waals surface area contributed by atoms with Gasteiger partial charge in [-0.3, -0.25) is 4.79 Å². The van der Waals surface area contributed by atoms with Crippen LogP contribution >= 0.6 is 0 Å². The van der Waals surface area contributed by atoms with E-state index in [1.54, 1.807) is 20.8 Å². The van der Waals surface area contributed by atoms with Crippen LogP contribution in [0.2, 0.25) is 0 Å². The molecule has 78 valence electrons. The molecule has 4 nitrogen and oxygen atoms in total. The van der Waals surface area contributed by atoms with Crippen LogP contribution in [0, 0.1) is 16.7 Å². The van der Waals surface area contributed by atoms with E-state index < -0.39 is 17.0 Å². The molecule has 0 amide bonds. The van der Waals surface area contributed by atoms with Crippen molar-refractivity contribution in [3.05, 3.63) is 0 Å². The fraction of sp³-hybridized carbons (Fsp3) is 0.800. The largest absolute Gasteiger partial charge is 0.459 e. The van der Waals surface area contributed by atoms with Crippen LogP contribution in [-0.4, -0.2) is 24.7 Å². The maximum atomic E-state index is 11.7. The average molecular weight is 196 g/mol. The molecule has 14 heavy (non-hydrogen) atoms. The Balaban J connectivity index is 2.72. The summed E-state index contributed by atoms with van der Waals surface area (Å²) in [6, 6.07) is 2.06. The first-order chi connectivity index (χ1) is 6.40. The van der Waals surface area contributed by atoms with Gasteiger partial charge in [-0.25, -0.2) is 0 Å². The number of hydrogen-bond donors (Lipinski definition) is 1. The number of ether oxygens (including phenoxy) is 1. The van der Waals surface area contributed by atoms with E-state index in [9.17, 15) is 4.79 Å². The summed E-state index contributed by atoms with van der Waals surface area (Å²) in [4.78, 5) is 11.7. The van der Waals surface area contributed by atoms with Crippen molar-refractivity contribution in [2.24, 2.45) is 5.41 Å². The number of nitrogens with one attached hydrogen (secondary N) is 1. The fourth-order valence-electron chi connectivity index (χ4n) is 1.38. The summed E-state index contributed by atoms with van der Waals surface area (Å²) in [5.74, 6) is -0.405. The summed E-state index contributed by atoms with van der Waals surface area (Å²) in [7, 11) is 0. The second-order valence-corrected chi connectivity index (χ2v) is 4.62. The summed E-state index contributed by atoms with van der Waals surface area (Å²) in [6.07, 6.45) is 0.540. The lowest BCUT2D eigenvalue weighted by atomic mass is 9.89. The molecule has 0 spiro atoms. The van der Waals surface area contributed by atoms with Crippen LogP contribution in [0.15, 0.2) is 0 Å². The normalized spacial score (nSPS) is 27.0. The second-order valence-electron chi connectivity index (χ2n) is 4.62. The first-order valence-corrected chi connectivity index (χ1v) is 4.75. The zero-order valence-electron chi connectivity index (χ0n) is 8.89. The van der Waals surface area contributed by atoms with E-state index in [0.29, 0.717) is 19.5 Å². The predicted octanol–water partition coefficient (Wildman–Crippen LogP) is 0.831. The lowest BCUT2D eigenvalue weighted by Crippen LogP contribution is -2.38. The lowest BCUT2D eigenvalue weighted by Gasteiger charge is -2.25. The van der Waals surface area contributed by atoms with E-state index in [4.69, 9.17) is 10.00 Å². The predicted molar refractivity (Wildman–Crippen MR) is 51.4 cm³/mol. The Hall–Kier alpha value is -1.08. The summed E-state index contributed by atoms with van der Waals surface area (Å²) in [5.41, 5.74) is -1.49. The molecule has 4 heteroatoms. The highest BCUT2D eigenvalue weighted by Gasteiger charge is 2.44. The Morgan fingerprint density at radius 2 is 2.21 bits per heavy atom. The van der Waals surface area contributed by atoms with Crippen molar-refractivity contribution in [1.29, 1.82) is 5.26 Å². The first-order valence-electron chi connectivity index (χ1n) is 4.75. The molecule has 0 saturated carbocycles. The third-order valence-electron chi connectivity index (χ3n) is 2.16. The highest BCUT2D eigenvalue weighted by Crippen LogP contribution is 2.28. The van der Waals surface area contributed by atoms with Gasteiger partial charge < -0.3 is 10.1 Å². The molecule has 1 N–H and O–H groups in total. The highest BCUT2D eigenvalue weighted by molar-refractivity contribution is 5.81. The number of hydrogen-bond acceptors (Lipinski definition) is 4. The molecular weight excluding hydrogens is 180 g/mol. The SMILES string of the molecule is CC(C)(C)OC(=O)C1(C#N)CCNC1. The third kappa shape index (κ3) is 2.24. The number of esters is 1. The van der Waals surface area contributed by atoms with Gasteiger partial charge in [0.15, 0.2) is 5.41 Å². The second kappa shape index (κ2) is 3.58. The van der Waals surface area contributed by atoms with Gasteiger partial charge in [0.2, 0.25) is 0 Å². The Bertz CT molecular complexity index is 267. The standard InChI is InChI=1S/C10H16N2O2/c1-9(2,3)14-8(13)10(6-11)4-5-12-7-10/h12H,4-5,7H2,1-3H3. The van der Waals surface area contributed by atoms with Crippen LogP contribution in [-0.2, 0) is 9.53 Å². The number of nitrogens with zero attached hydrogens (tertiary/aromatic N) is 1. The zero-order chi connectivity index (χ0) is 10.8. The molecule has 1 fully saturated rings. The van der Waals surface area contributed by atoms with Crippen LogP contribution in [0.3, 0.4) is 0 Å². The molecule has 0 aromatic rings. The molecule has 0 bridgehead atoms. The van der Waals surface area contributed by atoms with Gasteiger partial charge in [-0.05, 0) is 33.7 Å². The lowest BCUT2D eigenvalue weighted by molar-refractivity contribution is -0.163. The van der Waals surface area contributed by atoms with Crippen molar-refractivity contribution in [2.45, 2.75) is 32.8 Å². The first kappa shape index (κ1) is 11.0. The Morgan fingerprint density at radius 3 is 2.57 bits per heavy atom. The van der Waals surface area contributed by atoms with Crippen LogP contribution in [0.25, 0.3) is 0 Å².